The Bertz CT molecular complexity index is 928. The predicted molar refractivity (Wildman–Crippen MR) is 96.6 cm³/mol. The van der Waals surface area contributed by atoms with Gasteiger partial charge in [0.1, 0.15) is 5.82 Å². The highest BCUT2D eigenvalue weighted by molar-refractivity contribution is 5.76. The molecule has 5 heterocycles. The topological polar surface area (TPSA) is 87.8 Å². The van der Waals surface area contributed by atoms with E-state index in [0.717, 1.165) is 6.42 Å². The Morgan fingerprint density at radius 3 is 2.53 bits per heavy atom. The molecular formula is C18H19F3N6O3. The zero-order chi connectivity index (χ0) is 20.9. The van der Waals surface area contributed by atoms with E-state index >= 15 is 0 Å². The van der Waals surface area contributed by atoms with Crippen molar-refractivity contribution in [1.29, 1.82) is 0 Å². The Morgan fingerprint density at radius 1 is 1.13 bits per heavy atom. The maximum absolute atomic E-state index is 12.8. The average molecular weight is 424 g/mol. The molecule has 2 unspecified atom stereocenters. The number of pyridine rings is 1. The first-order valence-electron chi connectivity index (χ1n) is 9.67. The van der Waals surface area contributed by atoms with Gasteiger partial charge in [0.05, 0.1) is 25.3 Å². The van der Waals surface area contributed by atoms with Crippen LogP contribution in [0.2, 0.25) is 0 Å². The van der Waals surface area contributed by atoms with Crippen LogP contribution < -0.4 is 4.90 Å². The lowest BCUT2D eigenvalue weighted by Gasteiger charge is -2.38. The molecule has 3 saturated heterocycles. The van der Waals surface area contributed by atoms with E-state index in [0.29, 0.717) is 50.8 Å². The fourth-order valence-corrected chi connectivity index (χ4v) is 4.26. The number of carbonyl (C=O) groups excluding carboxylic acids is 1. The molecule has 2 aromatic heterocycles. The number of alkyl halides is 3. The molecule has 2 atom stereocenters. The van der Waals surface area contributed by atoms with Crippen LogP contribution in [0.25, 0.3) is 11.4 Å². The molecule has 0 saturated carbocycles. The molecule has 3 fully saturated rings. The van der Waals surface area contributed by atoms with Gasteiger partial charge in [-0.05, 0) is 18.6 Å². The van der Waals surface area contributed by atoms with E-state index in [1.807, 2.05) is 9.80 Å². The molecule has 160 valence electrons. The number of carbonyl (C=O) groups is 1. The Balaban J connectivity index is 1.25. The molecule has 30 heavy (non-hydrogen) atoms. The fraction of sp³-hybridized carbons (Fsp3) is 0.556. The number of anilines is 1. The number of halogens is 3. The van der Waals surface area contributed by atoms with Crippen LogP contribution in [0.15, 0.2) is 22.9 Å². The molecule has 0 spiro atoms. The van der Waals surface area contributed by atoms with Gasteiger partial charge in [0, 0.05) is 37.9 Å². The standard InChI is InChI=1S/C18H19F3N6O3/c19-18(20,21)16-23-15(24-30-16)11-1-2-14(22-8-11)26-9-13-7-12(26)10-27(13)17(28)25-3-5-29-6-4-25/h1-2,8,12-13H,3-7,9-10H2. The average Bonchev–Trinajstić information content (AvgIpc) is 3.49. The molecule has 2 bridgehead atoms. The van der Waals surface area contributed by atoms with Gasteiger partial charge in [-0.25, -0.2) is 9.78 Å². The van der Waals surface area contributed by atoms with Gasteiger partial charge in [-0.15, -0.1) is 0 Å². The lowest BCUT2D eigenvalue weighted by Crippen LogP contribution is -2.55. The maximum Gasteiger partial charge on any atom is 0.471 e. The van der Waals surface area contributed by atoms with E-state index in [9.17, 15) is 18.0 Å². The number of hydrogen-bond donors (Lipinski definition) is 0. The number of aromatic nitrogens is 3. The van der Waals surface area contributed by atoms with Crippen molar-refractivity contribution in [1.82, 2.24) is 24.9 Å². The number of likely N-dealkylation sites (tertiary alicyclic amines) is 1. The third-order valence-electron chi connectivity index (χ3n) is 5.74. The van der Waals surface area contributed by atoms with Crippen molar-refractivity contribution in [3.63, 3.8) is 0 Å². The first-order chi connectivity index (χ1) is 14.4. The van der Waals surface area contributed by atoms with Crippen LogP contribution in [0.5, 0.6) is 0 Å². The number of piperazine rings is 1. The lowest BCUT2D eigenvalue weighted by atomic mass is 10.2. The number of amides is 2. The zero-order valence-electron chi connectivity index (χ0n) is 15.9. The number of urea groups is 1. The highest BCUT2D eigenvalue weighted by Crippen LogP contribution is 2.35. The maximum atomic E-state index is 12.8. The third kappa shape index (κ3) is 3.34. The van der Waals surface area contributed by atoms with Crippen molar-refractivity contribution in [2.75, 3.05) is 44.3 Å². The number of nitrogens with zero attached hydrogens (tertiary/aromatic N) is 6. The molecule has 2 aromatic rings. The second-order valence-electron chi connectivity index (χ2n) is 7.56. The molecule has 5 rings (SSSR count). The Labute approximate surface area is 169 Å². The van der Waals surface area contributed by atoms with Crippen LogP contribution in [0.1, 0.15) is 12.3 Å². The molecular weight excluding hydrogens is 405 g/mol. The second-order valence-corrected chi connectivity index (χ2v) is 7.56. The summed E-state index contributed by atoms with van der Waals surface area (Å²) in [6.07, 6.45) is -2.37. The lowest BCUT2D eigenvalue weighted by molar-refractivity contribution is -0.159. The van der Waals surface area contributed by atoms with Crippen LogP contribution in [0.3, 0.4) is 0 Å². The summed E-state index contributed by atoms with van der Waals surface area (Å²) < 4.78 is 47.4. The SMILES string of the molecule is O=C(N1CCOCC1)N1CC2CC1CN2c1ccc(-c2noc(C(F)(F)F)n2)cn1. The van der Waals surface area contributed by atoms with Crippen molar-refractivity contribution >= 4 is 11.8 Å². The van der Waals surface area contributed by atoms with Gasteiger partial charge in [-0.2, -0.15) is 18.2 Å². The Morgan fingerprint density at radius 2 is 1.93 bits per heavy atom. The first kappa shape index (κ1) is 19.1. The van der Waals surface area contributed by atoms with Crippen LogP contribution in [0.4, 0.5) is 23.8 Å². The fourth-order valence-electron chi connectivity index (χ4n) is 4.26. The molecule has 0 aliphatic carbocycles. The summed E-state index contributed by atoms with van der Waals surface area (Å²) in [5, 5.41) is 3.37. The summed E-state index contributed by atoms with van der Waals surface area (Å²) in [5.41, 5.74) is 0.339. The number of hydrogen-bond acceptors (Lipinski definition) is 7. The number of morpholine rings is 1. The number of fused-ring (bicyclic) bond motifs is 2. The van der Waals surface area contributed by atoms with Crippen molar-refractivity contribution < 1.29 is 27.2 Å². The highest BCUT2D eigenvalue weighted by Gasteiger charge is 2.47. The molecule has 9 nitrogen and oxygen atoms in total. The van der Waals surface area contributed by atoms with E-state index < -0.39 is 12.1 Å². The molecule has 3 aliphatic heterocycles. The molecule has 0 N–H and O–H groups in total. The molecule has 12 heteroatoms. The molecule has 0 aromatic carbocycles. The second kappa shape index (κ2) is 7.11. The Kier molecular flexibility index (Phi) is 4.53. The number of rotatable bonds is 2. The first-order valence-corrected chi connectivity index (χ1v) is 9.67. The summed E-state index contributed by atoms with van der Waals surface area (Å²) in [4.78, 5) is 26.4. The monoisotopic (exact) mass is 424 g/mol. The minimum atomic E-state index is -4.68. The van der Waals surface area contributed by atoms with Crippen molar-refractivity contribution in [3.05, 3.63) is 24.2 Å². The third-order valence-corrected chi connectivity index (χ3v) is 5.74. The quantitative estimate of drug-likeness (QED) is 0.727. The van der Waals surface area contributed by atoms with Crippen molar-refractivity contribution in [2.24, 2.45) is 0 Å². The minimum Gasteiger partial charge on any atom is -0.378 e. The molecule has 2 amide bonds. The van der Waals surface area contributed by atoms with Crippen molar-refractivity contribution in [3.8, 4) is 11.4 Å². The van der Waals surface area contributed by atoms with Gasteiger partial charge in [-0.3, -0.25) is 0 Å². The number of ether oxygens (including phenoxy) is 1. The van der Waals surface area contributed by atoms with Gasteiger partial charge in [0.2, 0.25) is 5.82 Å². The van der Waals surface area contributed by atoms with Gasteiger partial charge < -0.3 is 24.0 Å². The smallest absolute Gasteiger partial charge is 0.378 e. The van der Waals surface area contributed by atoms with Gasteiger partial charge >= 0.3 is 18.1 Å². The van der Waals surface area contributed by atoms with E-state index in [4.69, 9.17) is 4.74 Å². The predicted octanol–water partition coefficient (Wildman–Crippen LogP) is 1.87. The summed E-state index contributed by atoms with van der Waals surface area (Å²) in [6.45, 7) is 3.68. The van der Waals surface area contributed by atoms with Crippen LogP contribution in [-0.4, -0.2) is 82.4 Å². The molecule has 0 radical (unpaired) electrons. The summed E-state index contributed by atoms with van der Waals surface area (Å²) in [6, 6.07) is 3.70. The normalized spacial score (nSPS) is 24.0. The minimum absolute atomic E-state index is 0.0614. The molecule has 3 aliphatic rings. The van der Waals surface area contributed by atoms with E-state index in [1.54, 1.807) is 12.1 Å². The van der Waals surface area contributed by atoms with Gasteiger partial charge in [0.15, 0.2) is 0 Å². The van der Waals surface area contributed by atoms with Gasteiger partial charge in [0.25, 0.3) is 0 Å². The summed E-state index contributed by atoms with van der Waals surface area (Å²) >= 11 is 0. The van der Waals surface area contributed by atoms with Crippen LogP contribution >= 0.6 is 0 Å². The zero-order valence-corrected chi connectivity index (χ0v) is 15.9. The van der Waals surface area contributed by atoms with Crippen molar-refractivity contribution in [2.45, 2.75) is 24.7 Å². The summed E-state index contributed by atoms with van der Waals surface area (Å²) in [7, 11) is 0. The largest absolute Gasteiger partial charge is 0.471 e. The van der Waals surface area contributed by atoms with Gasteiger partial charge in [-0.1, -0.05) is 5.16 Å². The van der Waals surface area contributed by atoms with E-state index in [-0.39, 0.29) is 23.9 Å². The Hall–Kier alpha value is -2.89. The highest BCUT2D eigenvalue weighted by atomic mass is 19.4. The van der Waals surface area contributed by atoms with E-state index in [2.05, 4.69) is 24.5 Å². The van der Waals surface area contributed by atoms with Crippen LogP contribution in [0, 0.1) is 0 Å². The summed E-state index contributed by atoms with van der Waals surface area (Å²) in [5.74, 6) is -0.834. The van der Waals surface area contributed by atoms with Crippen LogP contribution in [-0.2, 0) is 10.9 Å². The van der Waals surface area contributed by atoms with E-state index in [1.165, 1.54) is 6.20 Å².